The number of benzene rings is 1. The van der Waals surface area contributed by atoms with E-state index in [1.54, 1.807) is 6.07 Å². The molecule has 0 aliphatic heterocycles. The number of allylic oxidation sites excluding steroid dienone is 1. The molecule has 7 heteroatoms. The molecule has 0 bridgehead atoms. The molecule has 1 aromatic rings. The summed E-state index contributed by atoms with van der Waals surface area (Å²) < 4.78 is 38.0. The van der Waals surface area contributed by atoms with Crippen molar-refractivity contribution in [2.24, 2.45) is 5.92 Å². The number of aliphatic hydroxyl groups is 1. The Morgan fingerprint density at radius 1 is 1.41 bits per heavy atom. The van der Waals surface area contributed by atoms with Gasteiger partial charge in [-0.15, -0.1) is 0 Å². The third-order valence-corrected chi connectivity index (χ3v) is 3.35. The molecule has 1 aliphatic carbocycles. The lowest BCUT2D eigenvalue weighted by Gasteiger charge is -2.12. The van der Waals surface area contributed by atoms with Gasteiger partial charge in [0.2, 0.25) is 0 Å². The number of nitrogens with one attached hydrogen (secondary N) is 1. The van der Waals surface area contributed by atoms with Crippen molar-refractivity contribution in [3.63, 3.8) is 0 Å². The van der Waals surface area contributed by atoms with Gasteiger partial charge in [0.15, 0.2) is 5.57 Å². The van der Waals surface area contributed by atoms with Crippen LogP contribution in [-0.4, -0.2) is 11.0 Å². The van der Waals surface area contributed by atoms with E-state index in [4.69, 9.17) is 5.26 Å². The summed E-state index contributed by atoms with van der Waals surface area (Å²) in [5, 5.41) is 21.0. The lowest BCUT2D eigenvalue weighted by Crippen LogP contribution is -2.16. The van der Waals surface area contributed by atoms with E-state index in [-0.39, 0.29) is 22.9 Å². The van der Waals surface area contributed by atoms with Gasteiger partial charge in [-0.05, 0) is 43.5 Å². The second kappa shape index (κ2) is 5.72. The smallest absolute Gasteiger partial charge is 0.416 e. The third kappa shape index (κ3) is 3.39. The van der Waals surface area contributed by atoms with Crippen LogP contribution in [0.25, 0.3) is 0 Å². The second-order valence-electron chi connectivity index (χ2n) is 5.13. The summed E-state index contributed by atoms with van der Waals surface area (Å²) in [4.78, 5) is 11.9. The van der Waals surface area contributed by atoms with E-state index in [2.05, 4.69) is 5.32 Å². The van der Waals surface area contributed by atoms with Crippen molar-refractivity contribution in [2.45, 2.75) is 25.9 Å². The highest BCUT2D eigenvalue weighted by Gasteiger charge is 2.33. The fourth-order valence-electron chi connectivity index (χ4n) is 2.04. The first-order valence-corrected chi connectivity index (χ1v) is 6.56. The molecule has 0 spiro atoms. The highest BCUT2D eigenvalue weighted by Crippen LogP contribution is 2.37. The molecule has 0 heterocycles. The molecule has 0 atom stereocenters. The minimum Gasteiger partial charge on any atom is -0.510 e. The van der Waals surface area contributed by atoms with Crippen LogP contribution >= 0.6 is 0 Å². The van der Waals surface area contributed by atoms with Gasteiger partial charge in [0.25, 0.3) is 5.91 Å². The molecule has 0 aromatic heterocycles. The Kier molecular flexibility index (Phi) is 4.13. The number of nitrogens with zero attached hydrogens (tertiary/aromatic N) is 1. The maximum Gasteiger partial charge on any atom is 0.416 e. The number of carbonyl (C=O) groups is 1. The number of nitriles is 1. The number of amides is 1. The van der Waals surface area contributed by atoms with E-state index in [1.807, 2.05) is 0 Å². The topological polar surface area (TPSA) is 73.1 Å². The summed E-state index contributed by atoms with van der Waals surface area (Å²) in [6, 6.07) is 4.77. The summed E-state index contributed by atoms with van der Waals surface area (Å²) in [6.07, 6.45) is -3.04. The van der Waals surface area contributed by atoms with Crippen molar-refractivity contribution in [3.05, 3.63) is 40.7 Å². The predicted molar refractivity (Wildman–Crippen MR) is 72.8 cm³/mol. The van der Waals surface area contributed by atoms with E-state index >= 15 is 0 Å². The number of carbonyl (C=O) groups excluding carboxylic acids is 1. The van der Waals surface area contributed by atoms with E-state index < -0.39 is 23.2 Å². The molecule has 1 aliphatic rings. The Balaban J connectivity index is 2.21. The molecule has 1 aromatic carbocycles. The minimum atomic E-state index is -4.46. The lowest BCUT2D eigenvalue weighted by atomic mass is 10.1. The van der Waals surface area contributed by atoms with Crippen LogP contribution < -0.4 is 5.32 Å². The minimum absolute atomic E-state index is 0.0424. The molecule has 1 fully saturated rings. The number of hydrogen-bond donors (Lipinski definition) is 2. The van der Waals surface area contributed by atoms with Crippen molar-refractivity contribution < 1.29 is 23.1 Å². The van der Waals surface area contributed by atoms with Crippen LogP contribution in [0.5, 0.6) is 0 Å². The van der Waals surface area contributed by atoms with Gasteiger partial charge in [0.1, 0.15) is 11.8 Å². The third-order valence-electron chi connectivity index (χ3n) is 3.35. The van der Waals surface area contributed by atoms with Gasteiger partial charge in [-0.2, -0.15) is 18.4 Å². The summed E-state index contributed by atoms with van der Waals surface area (Å²) in [7, 11) is 0. The highest BCUT2D eigenvalue weighted by molar-refractivity contribution is 6.07. The molecule has 4 nitrogen and oxygen atoms in total. The zero-order valence-corrected chi connectivity index (χ0v) is 11.7. The first-order chi connectivity index (χ1) is 10.2. The van der Waals surface area contributed by atoms with Gasteiger partial charge in [-0.1, -0.05) is 0 Å². The van der Waals surface area contributed by atoms with Crippen LogP contribution in [-0.2, 0) is 11.0 Å². The van der Waals surface area contributed by atoms with Crippen LogP contribution in [0.1, 0.15) is 24.0 Å². The van der Waals surface area contributed by atoms with Crippen molar-refractivity contribution >= 4 is 11.6 Å². The van der Waals surface area contributed by atoms with Gasteiger partial charge in [0.05, 0.1) is 5.56 Å². The number of hydrogen-bond acceptors (Lipinski definition) is 3. The molecular weight excluding hydrogens is 301 g/mol. The largest absolute Gasteiger partial charge is 0.510 e. The monoisotopic (exact) mass is 314 g/mol. The summed E-state index contributed by atoms with van der Waals surface area (Å²) >= 11 is 0. The van der Waals surface area contributed by atoms with Crippen molar-refractivity contribution in [3.8, 4) is 6.07 Å². The van der Waals surface area contributed by atoms with Gasteiger partial charge in [0, 0.05) is 11.6 Å². The number of aliphatic hydroxyl groups excluding tert-OH is 1. The SMILES string of the molecule is Cc1cc(N[13C](=O)/[13C]([13C]#[15N])=C(\O)C2CC2)ccc1C(F)(F)F. The standard InChI is InChI=1S/C15H13F3N2O2/c1-8-6-10(4-5-12(8)15(16,17)18)20-14(22)11(7-19)13(21)9-2-3-9/h4-6,9,21H,2-3H2,1H3,(H,20,22)/b13-11-/i7+1,11+1,14+1,19+1. The average Bonchev–Trinajstić information content (AvgIpc) is 3.21. The zero-order chi connectivity index (χ0) is 16.5. The summed E-state index contributed by atoms with van der Waals surface area (Å²) in [5.41, 5.74) is -1.10. The summed E-state index contributed by atoms with van der Waals surface area (Å²) in [5.74, 6) is -1.26. The Labute approximate surface area is 124 Å². The first-order valence-electron chi connectivity index (χ1n) is 6.56. The van der Waals surface area contributed by atoms with Crippen molar-refractivity contribution in [1.82, 2.24) is 0 Å². The van der Waals surface area contributed by atoms with Crippen LogP contribution in [0.2, 0.25) is 0 Å². The molecular formula is C15H13F3N2O2. The van der Waals surface area contributed by atoms with Crippen molar-refractivity contribution in [2.75, 3.05) is 5.32 Å². The number of alkyl halides is 3. The van der Waals surface area contributed by atoms with E-state index in [1.165, 1.54) is 13.0 Å². The van der Waals surface area contributed by atoms with E-state index in [0.717, 1.165) is 12.1 Å². The Hall–Kier alpha value is -2.49. The Morgan fingerprint density at radius 3 is 2.50 bits per heavy atom. The van der Waals surface area contributed by atoms with Gasteiger partial charge in [-0.3, -0.25) is 4.79 Å². The summed E-state index contributed by atoms with van der Waals surface area (Å²) in [6.45, 7) is 1.28. The highest BCUT2D eigenvalue weighted by atomic mass is 19.4. The molecule has 0 saturated heterocycles. The lowest BCUT2D eigenvalue weighted by molar-refractivity contribution is -0.138. The molecule has 22 heavy (non-hydrogen) atoms. The molecule has 2 N–H and O–H groups in total. The van der Waals surface area contributed by atoms with Crippen LogP contribution in [0, 0.1) is 24.2 Å². The Bertz CT molecular complexity index is 683. The van der Waals surface area contributed by atoms with Crippen molar-refractivity contribution in [1.29, 1.82) is 5.26 Å². The molecule has 2 rings (SSSR count). The van der Waals surface area contributed by atoms with Crippen LogP contribution in [0.15, 0.2) is 29.5 Å². The van der Waals surface area contributed by atoms with Crippen LogP contribution in [0.3, 0.4) is 0 Å². The van der Waals surface area contributed by atoms with E-state index in [9.17, 15) is 23.1 Å². The molecule has 0 radical (unpaired) electrons. The van der Waals surface area contributed by atoms with Crippen LogP contribution in [0.4, 0.5) is 18.9 Å². The van der Waals surface area contributed by atoms with E-state index in [0.29, 0.717) is 12.8 Å². The predicted octanol–water partition coefficient (Wildman–Crippen LogP) is 3.70. The molecule has 0 unspecified atom stereocenters. The number of halogens is 3. The molecule has 1 saturated carbocycles. The maximum absolute atomic E-state index is 12.7. The molecule has 1 amide bonds. The number of rotatable bonds is 3. The molecule has 116 valence electrons. The number of anilines is 1. The second-order valence-corrected chi connectivity index (χ2v) is 5.13. The van der Waals surface area contributed by atoms with Gasteiger partial charge >= 0.3 is 6.18 Å². The maximum atomic E-state index is 12.7. The quantitative estimate of drug-likeness (QED) is 0.294. The zero-order valence-electron chi connectivity index (χ0n) is 11.7. The Morgan fingerprint density at radius 2 is 2.05 bits per heavy atom. The number of aryl methyl sites for hydroxylation is 1. The fourth-order valence-corrected chi connectivity index (χ4v) is 2.04. The first kappa shape index (κ1) is 15.9. The van der Waals surface area contributed by atoms with Gasteiger partial charge in [-0.25, -0.2) is 0 Å². The normalized spacial score (nSPS) is 15.8. The average molecular weight is 314 g/mol. The van der Waals surface area contributed by atoms with Gasteiger partial charge < -0.3 is 10.4 Å². The fraction of sp³-hybridized carbons (Fsp3) is 0.333.